The number of Topliss-reactive ketones (excluding diaryl/α,β-unsaturated/α-hetero) is 1. The minimum Gasteiger partial charge on any atom is -0.623 e. The van der Waals surface area contributed by atoms with Crippen LogP contribution < -0.4 is 0 Å². The molecule has 3 atom stereocenters. The van der Waals surface area contributed by atoms with Crippen LogP contribution in [0.3, 0.4) is 0 Å². The first kappa shape index (κ1) is 26.1. The van der Waals surface area contributed by atoms with E-state index in [4.69, 9.17) is 0 Å². The molecule has 0 aromatic heterocycles. The van der Waals surface area contributed by atoms with Gasteiger partial charge in [0.2, 0.25) is 21.8 Å². The monoisotopic (exact) mass is 494 g/mol. The number of fused-ring (bicyclic) bond motifs is 2. The Morgan fingerprint density at radius 2 is 1.56 bits per heavy atom. The Balaban J connectivity index is 1.73. The molecular formula is C27H46N2O4S. The smallest absolute Gasteiger partial charge is 0.218 e. The third-order valence-electron chi connectivity index (χ3n) is 10.2. The minimum absolute atomic E-state index is 0.0254. The van der Waals surface area contributed by atoms with Gasteiger partial charge in [0.05, 0.1) is 11.2 Å². The van der Waals surface area contributed by atoms with Gasteiger partial charge in [-0.15, -0.1) is 0 Å². The Labute approximate surface area is 207 Å². The molecule has 34 heavy (non-hydrogen) atoms. The first-order chi connectivity index (χ1) is 16.0. The number of carbonyl (C=O) groups excluding carboxylic acids is 1. The molecule has 194 valence electrons. The normalized spacial score (nSPS) is 32.8. The molecule has 0 spiro atoms. The van der Waals surface area contributed by atoms with E-state index in [0.717, 1.165) is 68.9 Å². The zero-order valence-electron chi connectivity index (χ0n) is 21.9. The van der Waals surface area contributed by atoms with Crippen molar-refractivity contribution in [3.05, 3.63) is 5.21 Å². The highest BCUT2D eigenvalue weighted by Crippen LogP contribution is 2.65. The van der Waals surface area contributed by atoms with E-state index < -0.39 is 21.5 Å². The first-order valence-electron chi connectivity index (χ1n) is 13.9. The quantitative estimate of drug-likeness (QED) is 0.256. The molecule has 0 N–H and O–H groups in total. The summed E-state index contributed by atoms with van der Waals surface area (Å²) in [7, 11) is -3.58. The third kappa shape index (κ3) is 4.38. The van der Waals surface area contributed by atoms with Gasteiger partial charge in [-0.2, -0.15) is 4.31 Å². The van der Waals surface area contributed by atoms with Crippen LogP contribution in [-0.4, -0.2) is 52.8 Å². The van der Waals surface area contributed by atoms with E-state index in [0.29, 0.717) is 24.5 Å². The highest BCUT2D eigenvalue weighted by molar-refractivity contribution is 7.89. The molecule has 4 fully saturated rings. The van der Waals surface area contributed by atoms with Crippen molar-refractivity contribution in [2.45, 2.75) is 136 Å². The Morgan fingerprint density at radius 3 is 2.03 bits per heavy atom. The van der Waals surface area contributed by atoms with Gasteiger partial charge < -0.3 is 5.21 Å². The lowest BCUT2D eigenvalue weighted by Crippen LogP contribution is -2.54. The van der Waals surface area contributed by atoms with Gasteiger partial charge in [-0.25, -0.2) is 13.2 Å². The van der Waals surface area contributed by atoms with Crippen molar-refractivity contribution in [2.75, 3.05) is 5.75 Å². The molecule has 0 saturated heterocycles. The maximum atomic E-state index is 14.4. The van der Waals surface area contributed by atoms with Crippen LogP contribution in [0, 0.1) is 22.0 Å². The van der Waals surface area contributed by atoms with Crippen molar-refractivity contribution in [3.8, 4) is 0 Å². The molecule has 0 heterocycles. The molecule has 0 aromatic carbocycles. The summed E-state index contributed by atoms with van der Waals surface area (Å²) in [5.41, 5.74) is -0.265. The van der Waals surface area contributed by atoms with Crippen molar-refractivity contribution in [1.82, 2.24) is 4.31 Å². The summed E-state index contributed by atoms with van der Waals surface area (Å²) < 4.78 is 31.7. The van der Waals surface area contributed by atoms with Gasteiger partial charge >= 0.3 is 0 Å². The zero-order valence-corrected chi connectivity index (χ0v) is 22.7. The van der Waals surface area contributed by atoms with Gasteiger partial charge in [-0.3, -0.25) is 4.79 Å². The molecule has 4 aliphatic carbocycles. The van der Waals surface area contributed by atoms with Crippen LogP contribution in [0.2, 0.25) is 0 Å². The minimum atomic E-state index is -3.58. The number of nitrogens with zero attached hydrogens (tertiary/aromatic N) is 2. The molecule has 4 aliphatic rings. The number of rotatable bonds is 8. The van der Waals surface area contributed by atoms with Crippen LogP contribution >= 0.6 is 0 Å². The van der Waals surface area contributed by atoms with Gasteiger partial charge in [0, 0.05) is 31.8 Å². The molecule has 0 radical (unpaired) electrons. The topological polar surface area (TPSA) is 80.5 Å². The molecule has 6 nitrogen and oxygen atoms in total. The lowest BCUT2D eigenvalue weighted by atomic mass is 9.70. The van der Waals surface area contributed by atoms with E-state index in [1.807, 2.05) is 4.31 Å². The van der Waals surface area contributed by atoms with Gasteiger partial charge in [0.1, 0.15) is 0 Å². The first-order valence-corrected chi connectivity index (χ1v) is 15.5. The molecular weight excluding hydrogens is 448 g/mol. The molecule has 0 amide bonds. The van der Waals surface area contributed by atoms with E-state index in [1.54, 1.807) is 13.8 Å². The second-order valence-corrected chi connectivity index (χ2v) is 14.1. The standard InChI is InChI=1S/C27H46N2O4S/c1-5-24(30)20(2)28(31)25-18-21-16-17-27(25,26(21,3)4)19-34(32,33)29(22-12-8-6-9-13-22)23-14-10-7-11-15-23/h20-23H,5-19H2,1-4H3/b28-25-/t20-,21+,27+/m0/s1. The lowest BCUT2D eigenvalue weighted by molar-refractivity contribution is -0.487. The zero-order chi connectivity index (χ0) is 24.7. The second kappa shape index (κ2) is 9.84. The average molecular weight is 495 g/mol. The van der Waals surface area contributed by atoms with Crippen LogP contribution in [0.1, 0.15) is 118 Å². The maximum absolute atomic E-state index is 14.4. The number of hydroxylamine groups is 1. The van der Waals surface area contributed by atoms with Crippen molar-refractivity contribution in [2.24, 2.45) is 16.7 Å². The van der Waals surface area contributed by atoms with E-state index in [9.17, 15) is 18.4 Å². The summed E-state index contributed by atoms with van der Waals surface area (Å²) in [6.07, 6.45) is 13.3. The summed E-state index contributed by atoms with van der Waals surface area (Å²) in [6, 6.07) is -0.540. The number of carbonyl (C=O) groups is 1. The van der Waals surface area contributed by atoms with E-state index in [2.05, 4.69) is 13.8 Å². The lowest BCUT2D eigenvalue weighted by Gasteiger charge is -2.44. The predicted octanol–water partition coefficient (Wildman–Crippen LogP) is 5.43. The van der Waals surface area contributed by atoms with Crippen molar-refractivity contribution >= 4 is 21.5 Å². The van der Waals surface area contributed by atoms with Gasteiger partial charge in [-0.05, 0) is 49.9 Å². The Bertz CT molecular complexity index is 882. The van der Waals surface area contributed by atoms with Crippen molar-refractivity contribution in [3.63, 3.8) is 0 Å². The molecule has 0 aliphatic heterocycles. The summed E-state index contributed by atoms with van der Waals surface area (Å²) in [5, 5.41) is 13.5. The number of ketones is 1. The fraction of sp³-hybridized carbons (Fsp3) is 0.926. The largest absolute Gasteiger partial charge is 0.623 e. The number of sulfonamides is 1. The van der Waals surface area contributed by atoms with Gasteiger partial charge in [0.15, 0.2) is 5.71 Å². The van der Waals surface area contributed by atoms with Crippen LogP contribution in [0.15, 0.2) is 0 Å². The predicted molar refractivity (Wildman–Crippen MR) is 136 cm³/mol. The summed E-state index contributed by atoms with van der Waals surface area (Å²) in [6.45, 7) is 7.80. The molecule has 4 saturated carbocycles. The summed E-state index contributed by atoms with van der Waals surface area (Å²) in [4.78, 5) is 12.4. The molecule has 0 aromatic rings. The Kier molecular flexibility index (Phi) is 7.56. The van der Waals surface area contributed by atoms with Gasteiger partial charge in [-0.1, -0.05) is 59.3 Å². The van der Waals surface area contributed by atoms with Crippen LogP contribution in [0.4, 0.5) is 0 Å². The maximum Gasteiger partial charge on any atom is 0.218 e. The Hall–Kier alpha value is -0.950. The van der Waals surface area contributed by atoms with E-state index >= 15 is 0 Å². The number of hydrogen-bond acceptors (Lipinski definition) is 4. The molecule has 4 rings (SSSR count). The highest BCUT2D eigenvalue weighted by Gasteiger charge is 2.68. The van der Waals surface area contributed by atoms with Gasteiger partial charge in [0.25, 0.3) is 0 Å². The number of hydrogen-bond donors (Lipinski definition) is 0. The van der Waals surface area contributed by atoms with Crippen LogP contribution in [-0.2, 0) is 14.8 Å². The fourth-order valence-corrected chi connectivity index (χ4v) is 10.7. The average Bonchev–Trinajstić information content (AvgIpc) is 3.18. The Morgan fingerprint density at radius 1 is 1.03 bits per heavy atom. The van der Waals surface area contributed by atoms with Crippen LogP contribution in [0.5, 0.6) is 0 Å². The summed E-state index contributed by atoms with van der Waals surface area (Å²) >= 11 is 0. The van der Waals surface area contributed by atoms with Crippen LogP contribution in [0.25, 0.3) is 0 Å². The summed E-state index contributed by atoms with van der Waals surface area (Å²) in [5.74, 6) is 0.250. The molecule has 7 heteroatoms. The van der Waals surface area contributed by atoms with Crippen molar-refractivity contribution in [1.29, 1.82) is 0 Å². The SMILES string of the molecule is CCC(=O)[C@H](C)/[N+]([O-])=C1\C[C@H]2CC[C@]1(CS(=O)(=O)N(C1CCCCC1)C1CCCCC1)C2(C)C. The fourth-order valence-electron chi connectivity index (χ4n) is 7.91. The van der Waals surface area contributed by atoms with E-state index in [1.165, 1.54) is 12.8 Å². The molecule has 2 bridgehead atoms. The second-order valence-electron chi connectivity index (χ2n) is 12.2. The van der Waals surface area contributed by atoms with Crippen molar-refractivity contribution < 1.29 is 18.0 Å². The van der Waals surface area contributed by atoms with E-state index in [-0.39, 0.29) is 29.0 Å². The molecule has 0 unspecified atom stereocenters. The third-order valence-corrected chi connectivity index (χ3v) is 12.3. The highest BCUT2D eigenvalue weighted by atomic mass is 32.2.